The number of rotatable bonds is 3. The number of nitrogens with zero attached hydrogens (tertiary/aromatic N) is 3. The molecule has 114 valence electrons. The van der Waals surface area contributed by atoms with E-state index in [1.54, 1.807) is 42.9 Å². The largest absolute Gasteiger partial charge is 0.285 e. The van der Waals surface area contributed by atoms with E-state index in [2.05, 4.69) is 15.4 Å². The molecule has 6 nitrogen and oxygen atoms in total. The average molecular weight is 342 g/mol. The minimum atomic E-state index is -0.447. The number of carbonyl (C=O) groups is 2. The van der Waals surface area contributed by atoms with Crippen LogP contribution in [0.1, 0.15) is 15.9 Å². The summed E-state index contributed by atoms with van der Waals surface area (Å²) >= 11 is 6.29. The van der Waals surface area contributed by atoms with E-state index in [1.807, 2.05) is 6.07 Å². The second kappa shape index (κ2) is 6.67. The highest BCUT2D eigenvalue weighted by molar-refractivity contribution is 8.26. The monoisotopic (exact) mass is 342 g/mol. The summed E-state index contributed by atoms with van der Waals surface area (Å²) in [6.45, 7) is 0. The van der Waals surface area contributed by atoms with Crippen LogP contribution in [0, 0.1) is 0 Å². The van der Waals surface area contributed by atoms with Crippen LogP contribution in [0.4, 0.5) is 0 Å². The van der Waals surface area contributed by atoms with Gasteiger partial charge in [-0.2, -0.15) is 5.01 Å². The predicted molar refractivity (Wildman–Crippen MR) is 91.0 cm³/mol. The van der Waals surface area contributed by atoms with E-state index in [4.69, 9.17) is 12.2 Å². The number of aromatic nitrogens is 2. The third-order valence-corrected chi connectivity index (χ3v) is 4.22. The predicted octanol–water partition coefficient (Wildman–Crippen LogP) is 2.02. The summed E-state index contributed by atoms with van der Waals surface area (Å²) in [5.41, 5.74) is 3.63. The first-order valence-electron chi connectivity index (χ1n) is 6.54. The van der Waals surface area contributed by atoms with Crippen molar-refractivity contribution in [2.45, 2.75) is 0 Å². The molecule has 1 aliphatic heterocycles. The Bertz CT molecular complexity index is 794. The highest BCUT2D eigenvalue weighted by Crippen LogP contribution is 2.31. The fourth-order valence-electron chi connectivity index (χ4n) is 1.84. The lowest BCUT2D eigenvalue weighted by molar-refractivity contribution is -0.123. The van der Waals surface area contributed by atoms with Gasteiger partial charge in [0.15, 0.2) is 4.32 Å². The van der Waals surface area contributed by atoms with Gasteiger partial charge in [0, 0.05) is 24.8 Å². The zero-order valence-corrected chi connectivity index (χ0v) is 13.3. The summed E-state index contributed by atoms with van der Waals surface area (Å²) in [5.74, 6) is -0.821. The molecule has 1 N–H and O–H groups in total. The van der Waals surface area contributed by atoms with Crippen LogP contribution in [0.5, 0.6) is 0 Å². The molecule has 0 saturated carbocycles. The number of carbonyl (C=O) groups excluding carboxylic acids is 2. The number of hydrogen-bond acceptors (Lipinski definition) is 6. The molecule has 0 unspecified atom stereocenters. The average Bonchev–Trinajstić information content (AvgIpc) is 2.84. The SMILES string of the molecule is O=C(NN1C(=O)/C(=C/c2cccnc2)SC1=S)c1cccnc1. The van der Waals surface area contributed by atoms with Crippen molar-refractivity contribution in [3.63, 3.8) is 0 Å². The van der Waals surface area contributed by atoms with Gasteiger partial charge in [-0.05, 0) is 42.1 Å². The molecule has 0 aliphatic carbocycles. The molecule has 1 aliphatic rings. The fourth-order valence-corrected chi connectivity index (χ4v) is 3.02. The quantitative estimate of drug-likeness (QED) is 0.679. The summed E-state index contributed by atoms with van der Waals surface area (Å²) < 4.78 is 0.266. The lowest BCUT2D eigenvalue weighted by Crippen LogP contribution is -2.44. The minimum Gasteiger partial charge on any atom is -0.267 e. The van der Waals surface area contributed by atoms with Crippen molar-refractivity contribution in [2.24, 2.45) is 0 Å². The van der Waals surface area contributed by atoms with E-state index >= 15 is 0 Å². The van der Waals surface area contributed by atoms with Crippen LogP contribution < -0.4 is 5.43 Å². The van der Waals surface area contributed by atoms with Gasteiger partial charge in [0.1, 0.15) is 0 Å². The fraction of sp³-hybridized carbons (Fsp3) is 0. The molecule has 1 saturated heterocycles. The van der Waals surface area contributed by atoms with Crippen molar-refractivity contribution in [3.8, 4) is 0 Å². The molecule has 2 amide bonds. The molecule has 0 radical (unpaired) electrons. The van der Waals surface area contributed by atoms with E-state index in [0.717, 1.165) is 22.3 Å². The molecule has 2 aromatic rings. The Hall–Kier alpha value is -2.58. The van der Waals surface area contributed by atoms with Gasteiger partial charge in [-0.25, -0.2) is 0 Å². The first-order chi connectivity index (χ1) is 11.1. The van der Waals surface area contributed by atoms with Gasteiger partial charge >= 0.3 is 0 Å². The van der Waals surface area contributed by atoms with Crippen molar-refractivity contribution < 1.29 is 9.59 Å². The Morgan fingerprint density at radius 1 is 1.22 bits per heavy atom. The molecule has 0 spiro atoms. The zero-order valence-electron chi connectivity index (χ0n) is 11.7. The highest BCUT2D eigenvalue weighted by atomic mass is 32.2. The molecule has 8 heteroatoms. The van der Waals surface area contributed by atoms with Crippen LogP contribution >= 0.6 is 24.0 Å². The third-order valence-electron chi connectivity index (χ3n) is 2.91. The first kappa shape index (κ1) is 15.3. The molecular formula is C15H10N4O2S2. The number of thioether (sulfide) groups is 1. The molecule has 0 atom stereocenters. The second-order valence-corrected chi connectivity index (χ2v) is 6.16. The molecule has 0 aromatic carbocycles. The first-order valence-corrected chi connectivity index (χ1v) is 7.76. The van der Waals surface area contributed by atoms with Crippen LogP contribution in [0.25, 0.3) is 6.08 Å². The molecule has 0 bridgehead atoms. The maximum absolute atomic E-state index is 12.4. The van der Waals surface area contributed by atoms with Gasteiger partial charge < -0.3 is 0 Å². The third kappa shape index (κ3) is 3.43. The van der Waals surface area contributed by atoms with Crippen molar-refractivity contribution in [3.05, 3.63) is 65.1 Å². The van der Waals surface area contributed by atoms with E-state index in [1.165, 1.54) is 6.20 Å². The van der Waals surface area contributed by atoms with E-state index < -0.39 is 5.91 Å². The van der Waals surface area contributed by atoms with Crippen molar-refractivity contribution in [1.29, 1.82) is 0 Å². The number of thiocarbonyl (C=S) groups is 1. The smallest absolute Gasteiger partial charge is 0.267 e. The maximum Gasteiger partial charge on any atom is 0.285 e. The van der Waals surface area contributed by atoms with Crippen LogP contribution in [0.3, 0.4) is 0 Å². The van der Waals surface area contributed by atoms with Crippen molar-refractivity contribution in [2.75, 3.05) is 0 Å². The van der Waals surface area contributed by atoms with Crippen molar-refractivity contribution >= 4 is 46.2 Å². The summed E-state index contributed by atoms with van der Waals surface area (Å²) in [7, 11) is 0. The Kier molecular flexibility index (Phi) is 4.45. The van der Waals surface area contributed by atoms with Crippen LogP contribution in [-0.4, -0.2) is 31.1 Å². The molecule has 2 aromatic heterocycles. The lowest BCUT2D eigenvalue weighted by Gasteiger charge is -2.15. The summed E-state index contributed by atoms with van der Waals surface area (Å²) in [4.78, 5) is 32.8. The van der Waals surface area contributed by atoms with E-state index in [9.17, 15) is 9.59 Å². The van der Waals surface area contributed by atoms with Crippen LogP contribution in [0.15, 0.2) is 54.0 Å². The molecule has 23 heavy (non-hydrogen) atoms. The van der Waals surface area contributed by atoms with Crippen LogP contribution in [0.2, 0.25) is 0 Å². The van der Waals surface area contributed by atoms with Crippen molar-refractivity contribution in [1.82, 2.24) is 20.4 Å². The Labute approximate surface area is 141 Å². The van der Waals surface area contributed by atoms with Gasteiger partial charge in [-0.1, -0.05) is 17.8 Å². The Morgan fingerprint density at radius 3 is 2.61 bits per heavy atom. The van der Waals surface area contributed by atoms with Gasteiger partial charge in [-0.15, -0.1) is 0 Å². The number of nitrogens with one attached hydrogen (secondary N) is 1. The maximum atomic E-state index is 12.4. The van der Waals surface area contributed by atoms with E-state index in [-0.39, 0.29) is 10.2 Å². The summed E-state index contributed by atoms with van der Waals surface area (Å²) in [6.07, 6.45) is 7.95. The Balaban J connectivity index is 1.77. The molecular weight excluding hydrogens is 332 g/mol. The topological polar surface area (TPSA) is 75.2 Å². The van der Waals surface area contributed by atoms with Gasteiger partial charge in [0.25, 0.3) is 11.8 Å². The molecule has 1 fully saturated rings. The normalized spacial score (nSPS) is 16.0. The zero-order chi connectivity index (χ0) is 16.2. The highest BCUT2D eigenvalue weighted by Gasteiger charge is 2.33. The number of hydrogen-bond donors (Lipinski definition) is 1. The summed E-state index contributed by atoms with van der Waals surface area (Å²) in [5, 5.41) is 1.07. The van der Waals surface area contributed by atoms with E-state index in [0.29, 0.717) is 10.5 Å². The van der Waals surface area contributed by atoms with Gasteiger partial charge in [0.05, 0.1) is 10.5 Å². The standard InChI is InChI=1S/C15H10N4O2S2/c20-13(11-4-2-6-17-9-11)18-19-14(21)12(23-15(19)22)7-10-3-1-5-16-8-10/h1-9H,(H,18,20)/b12-7-. The second-order valence-electron chi connectivity index (χ2n) is 4.49. The Morgan fingerprint density at radius 2 is 1.96 bits per heavy atom. The number of amides is 2. The number of pyridine rings is 2. The lowest BCUT2D eigenvalue weighted by atomic mass is 10.2. The summed E-state index contributed by atoms with van der Waals surface area (Å²) in [6, 6.07) is 6.84. The number of hydrazine groups is 1. The van der Waals surface area contributed by atoms with Gasteiger partial charge in [-0.3, -0.25) is 25.0 Å². The molecule has 3 heterocycles. The molecule has 3 rings (SSSR count). The van der Waals surface area contributed by atoms with Gasteiger partial charge in [0.2, 0.25) is 0 Å². The van der Waals surface area contributed by atoms with Crippen LogP contribution in [-0.2, 0) is 4.79 Å². The minimum absolute atomic E-state index is 0.266.